The molecule has 3 heterocycles. The molecule has 0 atom stereocenters. The summed E-state index contributed by atoms with van der Waals surface area (Å²) in [5.74, 6) is 0. The van der Waals surface area contributed by atoms with Crippen LogP contribution in [0.3, 0.4) is 0 Å². The number of hydrogen-bond acceptors (Lipinski definition) is 4. The molecular formula is C70H45N3S2. The quantitative estimate of drug-likeness (QED) is 0.143. The Morgan fingerprint density at radius 2 is 0.787 bits per heavy atom. The Morgan fingerprint density at radius 3 is 1.36 bits per heavy atom. The van der Waals surface area contributed by atoms with E-state index in [9.17, 15) is 2.74 Å². The molecule has 15 rings (SSSR count). The Labute approximate surface area is 449 Å². The van der Waals surface area contributed by atoms with E-state index in [-0.39, 0.29) is 17.8 Å². The second kappa shape index (κ2) is 17.7. The fraction of sp³-hybridized carbons (Fsp3) is 0. The summed E-state index contributed by atoms with van der Waals surface area (Å²) in [5.41, 5.74) is 11.8. The van der Waals surface area contributed by atoms with Crippen molar-refractivity contribution in [2.45, 2.75) is 0 Å². The largest absolute Gasteiger partial charge is 0.309 e. The molecule has 75 heavy (non-hydrogen) atoms. The Bertz CT molecular complexity index is 4930. The van der Waals surface area contributed by atoms with Crippen LogP contribution in [0.2, 0.25) is 0 Å². The highest BCUT2D eigenvalue weighted by Crippen LogP contribution is 2.49. The average Bonchev–Trinajstić information content (AvgIpc) is 4.21. The molecule has 5 heteroatoms. The molecule has 0 aliphatic heterocycles. The summed E-state index contributed by atoms with van der Waals surface area (Å²) in [6.45, 7) is 0. The number of anilines is 6. The Kier molecular flexibility index (Phi) is 9.08. The Morgan fingerprint density at radius 1 is 0.320 bits per heavy atom. The van der Waals surface area contributed by atoms with Crippen molar-refractivity contribution in [2.75, 3.05) is 9.80 Å². The number of nitrogens with zero attached hydrogens (tertiary/aromatic N) is 3. The van der Waals surface area contributed by atoms with Crippen molar-refractivity contribution in [1.29, 1.82) is 0 Å². The van der Waals surface area contributed by atoms with Crippen molar-refractivity contribution in [3.63, 3.8) is 0 Å². The first-order chi connectivity index (χ1) is 39.3. The monoisotopic (exact) mass is 996 g/mol. The van der Waals surface area contributed by atoms with Crippen molar-refractivity contribution >= 4 is 130 Å². The second-order valence-electron chi connectivity index (χ2n) is 18.9. The molecule has 0 aliphatic rings. The van der Waals surface area contributed by atoms with Crippen molar-refractivity contribution in [2.24, 2.45) is 0 Å². The molecule has 0 bridgehead atoms. The molecule has 3 nitrogen and oxygen atoms in total. The third kappa shape index (κ3) is 7.31. The first-order valence-electron chi connectivity index (χ1n) is 27.6. The molecule has 0 saturated heterocycles. The fourth-order valence-electron chi connectivity index (χ4n) is 11.1. The van der Waals surface area contributed by atoms with E-state index in [1.165, 1.54) is 30.3 Å². The maximum Gasteiger partial charge on any atom is 0.0645 e. The SMILES string of the molecule is [2H]c1c([2H])c([2H])c(-n2c3cc(N(c4ccc(-c5ccccc5)cc4)c4cccc5c4sc4ccccc45)ccc3c3cc4ccc(N(c5ccc(-c6ccccc6)cc5)c5cccc6c5sc5ccccc56)cc4cc32)c([2H])c1[2H]. The van der Waals surface area contributed by atoms with Gasteiger partial charge in [-0.2, -0.15) is 0 Å². The van der Waals surface area contributed by atoms with Gasteiger partial charge in [0.1, 0.15) is 0 Å². The summed E-state index contributed by atoms with van der Waals surface area (Å²) in [5, 5.41) is 8.49. The molecule has 0 amide bonds. The van der Waals surface area contributed by atoms with Gasteiger partial charge >= 0.3 is 0 Å². The highest BCUT2D eigenvalue weighted by molar-refractivity contribution is 7.26. The number of benzene rings is 12. The molecular weight excluding hydrogens is 947 g/mol. The summed E-state index contributed by atoms with van der Waals surface area (Å²) in [6, 6.07) is 83.9. The highest BCUT2D eigenvalue weighted by Gasteiger charge is 2.23. The maximum absolute atomic E-state index is 9.52. The zero-order chi connectivity index (χ0) is 53.8. The van der Waals surface area contributed by atoms with E-state index in [0.717, 1.165) is 93.5 Å². The number of rotatable bonds is 9. The lowest BCUT2D eigenvalue weighted by atomic mass is 10.0. The van der Waals surface area contributed by atoms with Crippen LogP contribution in [-0.4, -0.2) is 4.57 Å². The molecule has 352 valence electrons. The van der Waals surface area contributed by atoms with Crippen molar-refractivity contribution in [3.05, 3.63) is 273 Å². The molecule has 0 fully saturated rings. The van der Waals surface area contributed by atoms with Gasteiger partial charge in [-0.3, -0.25) is 0 Å². The molecule has 0 unspecified atom stereocenters. The smallest absolute Gasteiger partial charge is 0.0645 e. The normalized spacial score (nSPS) is 12.7. The minimum absolute atomic E-state index is 0.0885. The summed E-state index contributed by atoms with van der Waals surface area (Å²) in [6.07, 6.45) is 0. The van der Waals surface area contributed by atoms with Crippen molar-refractivity contribution in [3.8, 4) is 27.9 Å². The second-order valence-corrected chi connectivity index (χ2v) is 21.0. The predicted octanol–water partition coefficient (Wildman–Crippen LogP) is 20.9. The van der Waals surface area contributed by atoms with E-state index in [4.69, 9.17) is 4.11 Å². The van der Waals surface area contributed by atoms with Gasteiger partial charge in [-0.1, -0.05) is 176 Å². The van der Waals surface area contributed by atoms with E-state index in [0.29, 0.717) is 5.52 Å². The van der Waals surface area contributed by atoms with E-state index >= 15 is 0 Å². The van der Waals surface area contributed by atoms with Crippen LogP contribution in [-0.2, 0) is 0 Å². The molecule has 0 radical (unpaired) electrons. The lowest BCUT2D eigenvalue weighted by Gasteiger charge is -2.26. The molecule has 0 saturated carbocycles. The van der Waals surface area contributed by atoms with Gasteiger partial charge in [-0.05, 0) is 130 Å². The zero-order valence-electron chi connectivity index (χ0n) is 45.3. The third-order valence-corrected chi connectivity index (χ3v) is 17.1. The van der Waals surface area contributed by atoms with Gasteiger partial charge in [0.05, 0.1) is 38.7 Å². The molecule has 12 aromatic carbocycles. The van der Waals surface area contributed by atoms with Gasteiger partial charge in [0.25, 0.3) is 0 Å². The van der Waals surface area contributed by atoms with Crippen LogP contribution in [0.4, 0.5) is 34.1 Å². The zero-order valence-corrected chi connectivity index (χ0v) is 41.9. The lowest BCUT2D eigenvalue weighted by Crippen LogP contribution is -2.10. The van der Waals surface area contributed by atoms with Crippen LogP contribution in [0.5, 0.6) is 0 Å². The van der Waals surface area contributed by atoms with Crippen LogP contribution in [0.15, 0.2) is 273 Å². The molecule has 0 aliphatic carbocycles. The minimum Gasteiger partial charge on any atom is -0.309 e. The van der Waals surface area contributed by atoms with Crippen LogP contribution in [0.1, 0.15) is 6.85 Å². The third-order valence-electron chi connectivity index (χ3n) is 14.6. The molecule has 0 spiro atoms. The van der Waals surface area contributed by atoms with E-state index < -0.39 is 18.1 Å². The van der Waals surface area contributed by atoms with Crippen LogP contribution in [0.25, 0.3) is 101 Å². The average molecular weight is 997 g/mol. The van der Waals surface area contributed by atoms with Gasteiger partial charge < -0.3 is 14.4 Å². The number of thiophene rings is 2. The predicted molar refractivity (Wildman–Crippen MR) is 324 cm³/mol. The van der Waals surface area contributed by atoms with E-state index in [1.807, 2.05) is 16.7 Å². The topological polar surface area (TPSA) is 11.4 Å². The van der Waals surface area contributed by atoms with Gasteiger partial charge in [-0.15, -0.1) is 22.7 Å². The number of hydrogen-bond donors (Lipinski definition) is 0. The van der Waals surface area contributed by atoms with Gasteiger partial charge in [0.2, 0.25) is 0 Å². The van der Waals surface area contributed by atoms with Crippen LogP contribution < -0.4 is 9.80 Å². The van der Waals surface area contributed by atoms with E-state index in [2.05, 4.69) is 240 Å². The van der Waals surface area contributed by atoms with Gasteiger partial charge in [0, 0.05) is 70.2 Å². The number of para-hydroxylation sites is 1. The van der Waals surface area contributed by atoms with Crippen molar-refractivity contribution in [1.82, 2.24) is 4.57 Å². The van der Waals surface area contributed by atoms with Crippen LogP contribution >= 0.6 is 22.7 Å². The standard InChI is InChI=1S/C70H45N3S2/c1-4-16-46(17-5-1)48-30-35-53(36-31-48)71(63-26-14-24-60-58-22-10-12-28-67(58)74-69(60)63)55-39-34-50-43-62-57-41-40-56(45-66(57)73(52-20-8-3-9-21-52)65(62)44-51(50)42-55)72(54-37-32-49(33-38-54)47-18-6-2-7-19-47)64-27-15-25-61-59-23-11-13-29-68(59)75-70(61)64/h1-45H/i3D,8D,9D,20D,21D. The number of aromatic nitrogens is 1. The van der Waals surface area contributed by atoms with Crippen molar-refractivity contribution < 1.29 is 6.85 Å². The number of fused-ring (bicyclic) bond motifs is 10. The highest BCUT2D eigenvalue weighted by atomic mass is 32.1. The summed E-state index contributed by atoms with van der Waals surface area (Å²) in [7, 11) is 0. The molecule has 15 aromatic rings. The Balaban J connectivity index is 0.966. The summed E-state index contributed by atoms with van der Waals surface area (Å²) >= 11 is 3.56. The lowest BCUT2D eigenvalue weighted by molar-refractivity contribution is 1.18. The summed E-state index contributed by atoms with van der Waals surface area (Å²) < 4.78 is 52.3. The minimum atomic E-state index is -0.438. The summed E-state index contributed by atoms with van der Waals surface area (Å²) in [4.78, 5) is 4.63. The van der Waals surface area contributed by atoms with E-state index in [1.54, 1.807) is 22.7 Å². The maximum atomic E-state index is 9.52. The van der Waals surface area contributed by atoms with Crippen LogP contribution in [0, 0.1) is 0 Å². The molecule has 3 aromatic heterocycles. The Hall–Kier alpha value is -9.26. The first kappa shape index (κ1) is 38.4. The first-order valence-corrected chi connectivity index (χ1v) is 26.7. The van der Waals surface area contributed by atoms with Gasteiger partial charge in [-0.25, -0.2) is 0 Å². The van der Waals surface area contributed by atoms with Gasteiger partial charge in [0.15, 0.2) is 0 Å². The molecule has 0 N–H and O–H groups in total. The fourth-order valence-corrected chi connectivity index (χ4v) is 13.6.